The van der Waals surface area contributed by atoms with Crippen molar-refractivity contribution in [1.82, 2.24) is 5.32 Å². The number of fused-ring (bicyclic) bond motifs is 5. The fourth-order valence-corrected chi connectivity index (χ4v) is 7.95. The molecule has 4 aliphatic carbocycles. The van der Waals surface area contributed by atoms with Gasteiger partial charge in [0.15, 0.2) is 0 Å². The lowest BCUT2D eigenvalue weighted by atomic mass is 9.50. The van der Waals surface area contributed by atoms with E-state index in [0.717, 1.165) is 49.1 Å². The standard InChI is InChI=1S/C24H41N3O/c1-24-11-10-20-19-7-5-18(28-15-3-13-26)16-17(19)4-6-21(20)22(24)8-9-23(24)27-14-2-12-25/h17-23,27H,2-12,14-16,25H2,1H3/t17-,18-,19?,20?,21?,22?,23?,24-/m0/s1. The first-order valence-electron chi connectivity index (χ1n) is 12.1. The van der Waals surface area contributed by atoms with E-state index in [4.69, 9.17) is 15.7 Å². The summed E-state index contributed by atoms with van der Waals surface area (Å²) in [5, 5.41) is 12.6. The van der Waals surface area contributed by atoms with Crippen molar-refractivity contribution in [2.45, 2.75) is 89.7 Å². The molecule has 0 bridgehead atoms. The molecule has 0 aromatic heterocycles. The zero-order valence-corrected chi connectivity index (χ0v) is 17.9. The summed E-state index contributed by atoms with van der Waals surface area (Å²) in [4.78, 5) is 0. The number of hydrogen-bond donors (Lipinski definition) is 2. The number of nitriles is 1. The molecule has 5 unspecified atom stereocenters. The maximum absolute atomic E-state index is 8.75. The van der Waals surface area contributed by atoms with Crippen LogP contribution in [0.15, 0.2) is 0 Å². The Balaban J connectivity index is 1.36. The van der Waals surface area contributed by atoms with Crippen molar-refractivity contribution in [3.8, 4) is 6.07 Å². The summed E-state index contributed by atoms with van der Waals surface area (Å²) in [7, 11) is 0. The van der Waals surface area contributed by atoms with Crippen molar-refractivity contribution < 1.29 is 4.74 Å². The minimum Gasteiger partial charge on any atom is -0.377 e. The highest BCUT2D eigenvalue weighted by Gasteiger charge is 2.56. The van der Waals surface area contributed by atoms with E-state index in [9.17, 15) is 0 Å². The second-order valence-electron chi connectivity index (χ2n) is 10.4. The summed E-state index contributed by atoms with van der Waals surface area (Å²) in [6, 6.07) is 2.92. The Hall–Kier alpha value is -0.630. The average Bonchev–Trinajstić information content (AvgIpc) is 3.04. The van der Waals surface area contributed by atoms with Crippen molar-refractivity contribution in [2.75, 3.05) is 19.7 Å². The average molecular weight is 388 g/mol. The molecule has 4 aliphatic rings. The normalized spacial score (nSPS) is 45.0. The van der Waals surface area contributed by atoms with Crippen LogP contribution in [-0.4, -0.2) is 31.8 Å². The molecular formula is C24H41N3O. The van der Waals surface area contributed by atoms with Crippen LogP contribution in [-0.2, 0) is 4.74 Å². The third-order valence-electron chi connectivity index (χ3n) is 9.25. The van der Waals surface area contributed by atoms with Crippen LogP contribution >= 0.6 is 0 Å². The molecule has 0 aromatic rings. The molecule has 0 spiro atoms. The zero-order chi connectivity index (χ0) is 19.6. The highest BCUT2D eigenvalue weighted by molar-refractivity contribution is 5.08. The van der Waals surface area contributed by atoms with E-state index in [-0.39, 0.29) is 0 Å². The lowest BCUT2D eigenvalue weighted by Crippen LogP contribution is -2.52. The molecule has 158 valence electrons. The van der Waals surface area contributed by atoms with Gasteiger partial charge in [-0.3, -0.25) is 0 Å². The topological polar surface area (TPSA) is 71.1 Å². The quantitative estimate of drug-likeness (QED) is 0.641. The molecule has 8 atom stereocenters. The lowest BCUT2D eigenvalue weighted by Gasteiger charge is -2.56. The number of nitrogens with zero attached hydrogens (tertiary/aromatic N) is 1. The van der Waals surface area contributed by atoms with Crippen LogP contribution < -0.4 is 11.1 Å². The molecule has 4 nitrogen and oxygen atoms in total. The summed E-state index contributed by atoms with van der Waals surface area (Å²) < 4.78 is 6.01. The smallest absolute Gasteiger partial charge is 0.0645 e. The van der Waals surface area contributed by atoms with Crippen LogP contribution in [0.5, 0.6) is 0 Å². The van der Waals surface area contributed by atoms with E-state index >= 15 is 0 Å². The predicted molar refractivity (Wildman–Crippen MR) is 113 cm³/mol. The minimum absolute atomic E-state index is 0.419. The predicted octanol–water partition coefficient (Wildman–Crippen LogP) is 4.24. The second-order valence-corrected chi connectivity index (χ2v) is 10.4. The highest BCUT2D eigenvalue weighted by Crippen LogP contribution is 2.62. The second kappa shape index (κ2) is 9.02. The summed E-state index contributed by atoms with van der Waals surface area (Å²) in [6.07, 6.45) is 14.5. The SMILES string of the molecule is C[C@]12CCC3C(CC[C@H]4C[C@@H](OCCC#N)CCC34)C1CCC2NCCCN. The zero-order valence-electron chi connectivity index (χ0n) is 17.9. The molecule has 0 aromatic carbocycles. The summed E-state index contributed by atoms with van der Waals surface area (Å²) in [5.41, 5.74) is 6.22. The van der Waals surface area contributed by atoms with Crippen LogP contribution in [0.3, 0.4) is 0 Å². The van der Waals surface area contributed by atoms with E-state index < -0.39 is 0 Å². The van der Waals surface area contributed by atoms with Gasteiger partial charge in [-0.25, -0.2) is 0 Å². The Morgan fingerprint density at radius 3 is 2.75 bits per heavy atom. The maximum Gasteiger partial charge on any atom is 0.0645 e. The molecule has 0 amide bonds. The summed E-state index contributed by atoms with van der Waals surface area (Å²) in [5.74, 6) is 4.71. The van der Waals surface area contributed by atoms with Crippen molar-refractivity contribution in [1.29, 1.82) is 5.26 Å². The fraction of sp³-hybridized carbons (Fsp3) is 0.958. The first-order valence-corrected chi connectivity index (χ1v) is 12.1. The van der Waals surface area contributed by atoms with E-state index in [2.05, 4.69) is 18.3 Å². The molecule has 28 heavy (non-hydrogen) atoms. The number of nitrogens with one attached hydrogen (secondary N) is 1. The van der Waals surface area contributed by atoms with E-state index in [0.29, 0.717) is 30.6 Å². The third kappa shape index (κ3) is 3.87. The van der Waals surface area contributed by atoms with E-state index in [1.165, 1.54) is 57.8 Å². The van der Waals surface area contributed by atoms with E-state index in [1.807, 2.05) is 0 Å². The van der Waals surface area contributed by atoms with Gasteiger partial charge in [-0.2, -0.15) is 5.26 Å². The van der Waals surface area contributed by atoms with Crippen LogP contribution in [0.1, 0.15) is 77.6 Å². The Morgan fingerprint density at radius 1 is 1.07 bits per heavy atom. The van der Waals surface area contributed by atoms with Gasteiger partial charge >= 0.3 is 0 Å². The van der Waals surface area contributed by atoms with E-state index in [1.54, 1.807) is 0 Å². The monoisotopic (exact) mass is 387 g/mol. The largest absolute Gasteiger partial charge is 0.377 e. The first kappa shape index (κ1) is 20.6. The Morgan fingerprint density at radius 2 is 1.93 bits per heavy atom. The molecule has 4 fully saturated rings. The Bertz CT molecular complexity index is 561. The van der Waals surface area contributed by atoms with Gasteiger partial charge in [0.05, 0.1) is 25.2 Å². The molecule has 3 N–H and O–H groups in total. The van der Waals surface area contributed by atoms with Crippen molar-refractivity contribution in [3.05, 3.63) is 0 Å². The molecule has 0 saturated heterocycles. The molecule has 4 saturated carbocycles. The molecule has 0 radical (unpaired) electrons. The summed E-state index contributed by atoms with van der Waals surface area (Å²) in [6.45, 7) is 5.13. The van der Waals surface area contributed by atoms with Gasteiger partial charge in [-0.15, -0.1) is 0 Å². The highest BCUT2D eigenvalue weighted by atomic mass is 16.5. The number of hydrogen-bond acceptors (Lipinski definition) is 4. The van der Waals surface area contributed by atoms with Crippen LogP contribution in [0, 0.1) is 46.3 Å². The molecule has 4 rings (SSSR count). The number of ether oxygens (including phenoxy) is 1. The minimum atomic E-state index is 0.419. The van der Waals surface area contributed by atoms with Crippen LogP contribution in [0.2, 0.25) is 0 Å². The van der Waals surface area contributed by atoms with Gasteiger partial charge in [-0.1, -0.05) is 6.92 Å². The van der Waals surface area contributed by atoms with Gasteiger partial charge in [0, 0.05) is 6.04 Å². The van der Waals surface area contributed by atoms with Crippen molar-refractivity contribution >= 4 is 0 Å². The maximum atomic E-state index is 8.75. The van der Waals surface area contributed by atoms with Gasteiger partial charge in [-0.05, 0) is 112 Å². The van der Waals surface area contributed by atoms with Gasteiger partial charge in [0.2, 0.25) is 0 Å². The fourth-order valence-electron chi connectivity index (χ4n) is 7.95. The third-order valence-corrected chi connectivity index (χ3v) is 9.25. The summed E-state index contributed by atoms with van der Waals surface area (Å²) >= 11 is 0. The Labute approximate surface area is 172 Å². The van der Waals surface area contributed by atoms with Crippen molar-refractivity contribution in [3.63, 3.8) is 0 Å². The number of rotatable bonds is 7. The molecule has 0 aliphatic heterocycles. The van der Waals surface area contributed by atoms with Gasteiger partial charge in [0.25, 0.3) is 0 Å². The van der Waals surface area contributed by atoms with Crippen LogP contribution in [0.25, 0.3) is 0 Å². The van der Waals surface area contributed by atoms with Crippen molar-refractivity contribution in [2.24, 2.45) is 40.7 Å². The van der Waals surface area contributed by atoms with Gasteiger partial charge < -0.3 is 15.8 Å². The lowest BCUT2D eigenvalue weighted by molar-refractivity contribution is -0.0837. The van der Waals surface area contributed by atoms with Gasteiger partial charge in [0.1, 0.15) is 0 Å². The molecule has 0 heterocycles. The Kier molecular flexibility index (Phi) is 6.65. The number of nitrogens with two attached hydrogens (primary N) is 1. The molecule has 4 heteroatoms. The first-order chi connectivity index (χ1) is 13.7. The van der Waals surface area contributed by atoms with Crippen LogP contribution in [0.4, 0.5) is 0 Å². The molecular weight excluding hydrogens is 346 g/mol.